The Morgan fingerprint density at radius 1 is 0.960 bits per heavy atom. The van der Waals surface area contributed by atoms with Gasteiger partial charge in [-0.3, -0.25) is 20.2 Å². The molecule has 0 heterocycles. The molecule has 0 aliphatic carbocycles. The zero-order chi connectivity index (χ0) is 19.3. The van der Waals surface area contributed by atoms with Crippen LogP contribution in [0.1, 0.15) is 0 Å². The van der Waals surface area contributed by atoms with E-state index in [9.17, 15) is 29.0 Å². The summed E-state index contributed by atoms with van der Waals surface area (Å²) >= 11 is 5.73. The molecule has 0 aromatic heterocycles. The van der Waals surface area contributed by atoms with Crippen LogP contribution in [0.4, 0.5) is 20.2 Å². The van der Waals surface area contributed by atoms with Gasteiger partial charge in [-0.2, -0.15) is 0 Å². The number of hydrogen-bond acceptors (Lipinski definition) is 6. The molecule has 0 saturated carbocycles. The Balaban J connectivity index is 0.000000251. The van der Waals surface area contributed by atoms with Crippen LogP contribution in [0.25, 0.3) is 0 Å². The molecule has 1 N–H and O–H groups in total. The maximum absolute atomic E-state index is 12.7. The average Bonchev–Trinajstić information content (AvgIpc) is 2.50. The third-order valence-corrected chi connectivity index (χ3v) is 3.79. The van der Waals surface area contributed by atoms with E-state index in [2.05, 4.69) is 31.9 Å². The molecule has 0 fully saturated rings. The number of aromatic hydroxyl groups is 1. The van der Waals surface area contributed by atoms with E-state index in [0.29, 0.717) is 6.07 Å². The van der Waals surface area contributed by atoms with Crippen LogP contribution in [-0.4, -0.2) is 22.1 Å². The van der Waals surface area contributed by atoms with E-state index >= 15 is 0 Å². The lowest BCUT2D eigenvalue weighted by atomic mass is 10.3. The van der Waals surface area contributed by atoms with Crippen LogP contribution >= 0.6 is 31.9 Å². The van der Waals surface area contributed by atoms with Gasteiger partial charge in [-0.05, 0) is 44.0 Å². The van der Waals surface area contributed by atoms with E-state index in [1.807, 2.05) is 0 Å². The quantitative estimate of drug-likeness (QED) is 0.497. The number of rotatable bonds is 3. The fourth-order valence-electron chi connectivity index (χ4n) is 1.58. The molecule has 0 spiro atoms. The molecule has 0 amide bonds. The van der Waals surface area contributed by atoms with Crippen molar-refractivity contribution in [2.24, 2.45) is 0 Å². The number of benzene rings is 2. The van der Waals surface area contributed by atoms with Gasteiger partial charge in [0.05, 0.1) is 38.0 Å². The molecule has 25 heavy (non-hydrogen) atoms. The molecule has 0 aliphatic heterocycles. The third kappa shape index (κ3) is 5.32. The summed E-state index contributed by atoms with van der Waals surface area (Å²) in [5.41, 5.74) is -1.05. The molecule has 0 bridgehead atoms. The minimum Gasteiger partial charge on any atom is -0.501 e. The molecule has 12 heteroatoms. The standard InChI is InChI=1S/C7H5BrFNO3.C6H3BrFNO3/c1-13-7-5(8)2-4(9)3-6(7)10(11)12;7-4-1-3(8)2-5(6(4)10)9(11)12/h2-3H,1H3;1-2,10H. The molecule has 2 rings (SSSR count). The monoisotopic (exact) mass is 484 g/mol. The van der Waals surface area contributed by atoms with Crippen molar-refractivity contribution in [1.29, 1.82) is 0 Å². The summed E-state index contributed by atoms with van der Waals surface area (Å²) in [6.07, 6.45) is 0. The fourth-order valence-corrected chi connectivity index (χ4v) is 2.58. The second-order valence-corrected chi connectivity index (χ2v) is 5.92. The van der Waals surface area contributed by atoms with Crippen molar-refractivity contribution in [2.45, 2.75) is 0 Å². The van der Waals surface area contributed by atoms with Crippen LogP contribution in [0.15, 0.2) is 33.2 Å². The number of hydrogen-bond donors (Lipinski definition) is 1. The van der Waals surface area contributed by atoms with Crippen molar-refractivity contribution in [3.8, 4) is 11.5 Å². The molecular weight excluding hydrogens is 478 g/mol. The lowest BCUT2D eigenvalue weighted by Crippen LogP contribution is -1.95. The number of nitro benzene ring substituents is 2. The highest BCUT2D eigenvalue weighted by molar-refractivity contribution is 9.10. The Hall–Kier alpha value is -2.34. The molecule has 2 aromatic carbocycles. The number of phenols is 1. The van der Waals surface area contributed by atoms with Crippen molar-refractivity contribution in [3.05, 3.63) is 65.1 Å². The van der Waals surface area contributed by atoms with Crippen molar-refractivity contribution in [2.75, 3.05) is 7.11 Å². The largest absolute Gasteiger partial charge is 0.501 e. The summed E-state index contributed by atoms with van der Waals surface area (Å²) in [4.78, 5) is 19.0. The second kappa shape index (κ2) is 8.67. The van der Waals surface area contributed by atoms with E-state index in [4.69, 9.17) is 9.84 Å². The van der Waals surface area contributed by atoms with Crippen LogP contribution in [0.5, 0.6) is 11.5 Å². The molecule has 0 aliphatic rings. The molecular formula is C13H8Br2F2N2O6. The molecule has 0 radical (unpaired) electrons. The highest BCUT2D eigenvalue weighted by Crippen LogP contribution is 2.35. The first kappa shape index (κ1) is 20.7. The summed E-state index contributed by atoms with van der Waals surface area (Å²) in [6.45, 7) is 0. The van der Waals surface area contributed by atoms with E-state index in [0.717, 1.165) is 18.2 Å². The summed E-state index contributed by atoms with van der Waals surface area (Å²) in [5.74, 6) is -2.00. The van der Waals surface area contributed by atoms with E-state index in [1.54, 1.807) is 0 Å². The maximum Gasteiger partial charge on any atom is 0.315 e. The van der Waals surface area contributed by atoms with Gasteiger partial charge in [0.1, 0.15) is 11.6 Å². The van der Waals surface area contributed by atoms with Crippen LogP contribution in [0.3, 0.4) is 0 Å². The lowest BCUT2D eigenvalue weighted by Gasteiger charge is -2.03. The highest BCUT2D eigenvalue weighted by atomic mass is 79.9. The van der Waals surface area contributed by atoms with Crippen molar-refractivity contribution >= 4 is 43.2 Å². The number of phenolic OH excluding ortho intramolecular Hbond substituents is 1. The SMILES string of the molecule is COc1c(Br)cc(F)cc1[N+](=O)[O-].O=[N+]([O-])c1cc(F)cc(Br)c1O. The normalized spacial score (nSPS) is 9.80. The van der Waals surface area contributed by atoms with Crippen molar-refractivity contribution < 1.29 is 28.5 Å². The van der Waals surface area contributed by atoms with Gasteiger partial charge in [-0.1, -0.05) is 0 Å². The van der Waals surface area contributed by atoms with Gasteiger partial charge < -0.3 is 9.84 Å². The number of nitrogens with zero attached hydrogens (tertiary/aromatic N) is 2. The second-order valence-electron chi connectivity index (χ2n) is 4.21. The summed E-state index contributed by atoms with van der Waals surface area (Å²) < 4.78 is 30.2. The van der Waals surface area contributed by atoms with E-state index < -0.39 is 38.6 Å². The Kier molecular flexibility index (Phi) is 7.18. The predicted octanol–water partition coefficient (Wildman–Crippen LogP) is 4.71. The lowest BCUT2D eigenvalue weighted by molar-refractivity contribution is -0.386. The number of halogens is 4. The highest BCUT2D eigenvalue weighted by Gasteiger charge is 2.19. The first-order chi connectivity index (χ1) is 11.6. The van der Waals surface area contributed by atoms with E-state index in [1.165, 1.54) is 7.11 Å². The van der Waals surface area contributed by atoms with Crippen LogP contribution in [0.2, 0.25) is 0 Å². The molecule has 0 saturated heterocycles. The Bertz CT molecular complexity index is 835. The van der Waals surface area contributed by atoms with Crippen LogP contribution in [-0.2, 0) is 0 Å². The van der Waals surface area contributed by atoms with Crippen molar-refractivity contribution in [1.82, 2.24) is 0 Å². The molecule has 0 atom stereocenters. The minimum absolute atomic E-state index is 0.0198. The molecule has 2 aromatic rings. The first-order valence-corrected chi connectivity index (χ1v) is 7.66. The van der Waals surface area contributed by atoms with Gasteiger partial charge in [-0.15, -0.1) is 0 Å². The zero-order valence-electron chi connectivity index (χ0n) is 12.2. The van der Waals surface area contributed by atoms with Gasteiger partial charge in [0.15, 0.2) is 0 Å². The van der Waals surface area contributed by atoms with Gasteiger partial charge in [-0.25, -0.2) is 8.78 Å². The Morgan fingerprint density at radius 3 is 1.84 bits per heavy atom. The summed E-state index contributed by atoms with van der Waals surface area (Å²) in [7, 11) is 1.28. The third-order valence-electron chi connectivity index (χ3n) is 2.59. The van der Waals surface area contributed by atoms with Gasteiger partial charge in [0, 0.05) is 0 Å². The van der Waals surface area contributed by atoms with Crippen LogP contribution in [0, 0.1) is 31.9 Å². The summed E-state index contributed by atoms with van der Waals surface area (Å²) in [6, 6.07) is 3.51. The van der Waals surface area contributed by atoms with Crippen molar-refractivity contribution in [3.63, 3.8) is 0 Å². The number of methoxy groups -OCH3 is 1. The van der Waals surface area contributed by atoms with Crippen LogP contribution < -0.4 is 4.74 Å². The fraction of sp³-hybridized carbons (Fsp3) is 0.0769. The Morgan fingerprint density at radius 2 is 1.40 bits per heavy atom. The Labute approximate surface area is 155 Å². The van der Waals surface area contributed by atoms with Gasteiger partial charge >= 0.3 is 11.4 Å². The van der Waals surface area contributed by atoms with E-state index in [-0.39, 0.29) is 14.7 Å². The molecule has 8 nitrogen and oxygen atoms in total. The van der Waals surface area contributed by atoms with Gasteiger partial charge in [0.25, 0.3) is 0 Å². The number of ether oxygens (including phenoxy) is 1. The topological polar surface area (TPSA) is 116 Å². The number of nitro groups is 2. The summed E-state index contributed by atoms with van der Waals surface area (Å²) in [5, 5.41) is 29.6. The van der Waals surface area contributed by atoms with Gasteiger partial charge in [0.2, 0.25) is 11.5 Å². The maximum atomic E-state index is 12.7. The predicted molar refractivity (Wildman–Crippen MR) is 89.7 cm³/mol. The molecule has 134 valence electrons. The average molecular weight is 486 g/mol. The zero-order valence-corrected chi connectivity index (χ0v) is 15.4. The molecule has 0 unspecified atom stereocenters. The minimum atomic E-state index is -0.858. The smallest absolute Gasteiger partial charge is 0.315 e. The first-order valence-electron chi connectivity index (χ1n) is 6.08.